The first-order valence-corrected chi connectivity index (χ1v) is 3.93. The molecule has 0 aromatic heterocycles. The zero-order valence-corrected chi connectivity index (χ0v) is 7.26. The highest BCUT2D eigenvalue weighted by Gasteiger charge is 2.06. The largest absolute Gasteiger partial charge is 0.342 e. The molecule has 0 bridgehead atoms. The highest BCUT2D eigenvalue weighted by atomic mass is 16.1. The summed E-state index contributed by atoms with van der Waals surface area (Å²) in [6.07, 6.45) is 12.0. The molecule has 0 saturated carbocycles. The van der Waals surface area contributed by atoms with Gasteiger partial charge in [0.05, 0.1) is 12.5 Å². The highest BCUT2D eigenvalue weighted by molar-refractivity contribution is 5.78. The fraction of sp³-hybridized carbons (Fsp3) is 0.500. The maximum Gasteiger partial charge on any atom is 0.232 e. The Morgan fingerprint density at radius 1 is 1.58 bits per heavy atom. The highest BCUT2D eigenvalue weighted by Crippen LogP contribution is 1.94. The van der Waals surface area contributed by atoms with Crippen LogP contribution in [0.3, 0.4) is 0 Å². The quantitative estimate of drug-likeness (QED) is 0.614. The van der Waals surface area contributed by atoms with Gasteiger partial charge in [0.15, 0.2) is 0 Å². The summed E-state index contributed by atoms with van der Waals surface area (Å²) in [5, 5.41) is 2.65. The van der Waals surface area contributed by atoms with Gasteiger partial charge in [-0.3, -0.25) is 4.79 Å². The third-order valence-corrected chi connectivity index (χ3v) is 1.38. The van der Waals surface area contributed by atoms with Crippen molar-refractivity contribution in [3.8, 4) is 24.7 Å². The minimum Gasteiger partial charge on any atom is -0.342 e. The fourth-order valence-corrected chi connectivity index (χ4v) is 0.824. The SMILES string of the molecule is C#CCC(=O)NC(C#C)CCC. The number of carbonyl (C=O) groups is 1. The average Bonchev–Trinajstić information content (AvgIpc) is 2.04. The van der Waals surface area contributed by atoms with Gasteiger partial charge in [-0.05, 0) is 6.42 Å². The lowest BCUT2D eigenvalue weighted by atomic mass is 10.2. The molecule has 12 heavy (non-hydrogen) atoms. The van der Waals surface area contributed by atoms with Gasteiger partial charge in [0.25, 0.3) is 0 Å². The third kappa shape index (κ3) is 4.41. The minimum atomic E-state index is -0.172. The Balaban J connectivity index is 3.81. The van der Waals surface area contributed by atoms with Crippen LogP contribution in [0.5, 0.6) is 0 Å². The van der Waals surface area contributed by atoms with E-state index < -0.39 is 0 Å². The van der Waals surface area contributed by atoms with Crippen LogP contribution in [-0.2, 0) is 4.79 Å². The molecule has 1 N–H and O–H groups in total. The third-order valence-electron chi connectivity index (χ3n) is 1.38. The summed E-state index contributed by atoms with van der Waals surface area (Å²) < 4.78 is 0. The van der Waals surface area contributed by atoms with Gasteiger partial charge in [-0.25, -0.2) is 0 Å². The number of hydrogen-bond donors (Lipinski definition) is 1. The molecule has 0 saturated heterocycles. The summed E-state index contributed by atoms with van der Waals surface area (Å²) in [5.41, 5.74) is 0. The van der Waals surface area contributed by atoms with E-state index in [1.807, 2.05) is 6.92 Å². The number of nitrogens with one attached hydrogen (secondary N) is 1. The van der Waals surface area contributed by atoms with Crippen LogP contribution in [0.25, 0.3) is 0 Å². The zero-order valence-electron chi connectivity index (χ0n) is 7.26. The lowest BCUT2D eigenvalue weighted by Crippen LogP contribution is -2.33. The second-order valence-corrected chi connectivity index (χ2v) is 2.46. The van der Waals surface area contributed by atoms with Crippen LogP contribution in [0.2, 0.25) is 0 Å². The van der Waals surface area contributed by atoms with Crippen LogP contribution in [-0.4, -0.2) is 11.9 Å². The first-order valence-electron chi connectivity index (χ1n) is 3.93. The average molecular weight is 163 g/mol. The van der Waals surface area contributed by atoms with Gasteiger partial charge in [0, 0.05) is 0 Å². The monoisotopic (exact) mass is 163 g/mol. The molecule has 0 fully saturated rings. The lowest BCUT2D eigenvalue weighted by Gasteiger charge is -2.09. The summed E-state index contributed by atoms with van der Waals surface area (Å²) in [4.78, 5) is 10.9. The molecule has 0 aromatic carbocycles. The lowest BCUT2D eigenvalue weighted by molar-refractivity contribution is -0.120. The Bertz CT molecular complexity index is 219. The Labute approximate surface area is 73.7 Å². The molecule has 0 spiro atoms. The summed E-state index contributed by atoms with van der Waals surface area (Å²) in [7, 11) is 0. The normalized spacial score (nSPS) is 10.9. The van der Waals surface area contributed by atoms with E-state index in [4.69, 9.17) is 12.8 Å². The number of amides is 1. The van der Waals surface area contributed by atoms with Crippen molar-refractivity contribution in [2.75, 3.05) is 0 Å². The molecule has 2 heteroatoms. The molecule has 0 aliphatic carbocycles. The van der Waals surface area contributed by atoms with Crippen molar-refractivity contribution in [3.05, 3.63) is 0 Å². The molecule has 0 aromatic rings. The Kier molecular flexibility index (Phi) is 5.57. The van der Waals surface area contributed by atoms with E-state index in [-0.39, 0.29) is 18.4 Å². The smallest absolute Gasteiger partial charge is 0.232 e. The van der Waals surface area contributed by atoms with Gasteiger partial charge < -0.3 is 5.32 Å². The molecular formula is C10H13NO. The van der Waals surface area contributed by atoms with Gasteiger partial charge in [-0.15, -0.1) is 12.8 Å². The van der Waals surface area contributed by atoms with E-state index in [9.17, 15) is 4.79 Å². The molecule has 0 rings (SSSR count). The summed E-state index contributed by atoms with van der Waals surface area (Å²) in [5.74, 6) is 4.58. The topological polar surface area (TPSA) is 29.1 Å². The van der Waals surface area contributed by atoms with Gasteiger partial charge in [0.1, 0.15) is 0 Å². The van der Waals surface area contributed by atoms with Crippen molar-refractivity contribution in [1.82, 2.24) is 5.32 Å². The van der Waals surface area contributed by atoms with Crippen molar-refractivity contribution in [2.24, 2.45) is 0 Å². The minimum absolute atomic E-state index is 0.0991. The Hall–Kier alpha value is -1.41. The van der Waals surface area contributed by atoms with Gasteiger partial charge in [-0.1, -0.05) is 25.2 Å². The van der Waals surface area contributed by atoms with Crippen LogP contribution >= 0.6 is 0 Å². The van der Waals surface area contributed by atoms with Crippen LogP contribution in [0, 0.1) is 24.7 Å². The second kappa shape index (κ2) is 6.31. The van der Waals surface area contributed by atoms with Crippen molar-refractivity contribution < 1.29 is 4.79 Å². The van der Waals surface area contributed by atoms with Crippen molar-refractivity contribution in [3.63, 3.8) is 0 Å². The van der Waals surface area contributed by atoms with E-state index in [1.54, 1.807) is 0 Å². The zero-order chi connectivity index (χ0) is 9.40. The van der Waals surface area contributed by atoms with E-state index >= 15 is 0 Å². The molecule has 1 atom stereocenters. The van der Waals surface area contributed by atoms with Crippen molar-refractivity contribution in [1.29, 1.82) is 0 Å². The molecule has 1 amide bonds. The van der Waals surface area contributed by atoms with E-state index in [1.165, 1.54) is 0 Å². The fourth-order valence-electron chi connectivity index (χ4n) is 0.824. The van der Waals surface area contributed by atoms with Gasteiger partial charge in [-0.2, -0.15) is 0 Å². The molecule has 0 radical (unpaired) electrons. The maximum absolute atomic E-state index is 10.9. The Morgan fingerprint density at radius 3 is 2.67 bits per heavy atom. The number of terminal acetylenes is 2. The summed E-state index contributed by atoms with van der Waals surface area (Å²) in [6, 6.07) is -0.171. The van der Waals surface area contributed by atoms with Crippen LogP contribution in [0.1, 0.15) is 26.2 Å². The maximum atomic E-state index is 10.9. The van der Waals surface area contributed by atoms with E-state index in [0.717, 1.165) is 12.8 Å². The van der Waals surface area contributed by atoms with Crippen LogP contribution in [0.15, 0.2) is 0 Å². The standard InChI is InChI=1S/C10H13NO/c1-4-7-9(6-3)11-10(12)8-5-2/h2-3,9H,4,7-8H2,1H3,(H,11,12). The van der Waals surface area contributed by atoms with Gasteiger partial charge >= 0.3 is 0 Å². The van der Waals surface area contributed by atoms with Gasteiger partial charge in [0.2, 0.25) is 5.91 Å². The Morgan fingerprint density at radius 2 is 2.25 bits per heavy atom. The summed E-state index contributed by atoms with van der Waals surface area (Å²) >= 11 is 0. The molecule has 2 nitrogen and oxygen atoms in total. The molecule has 0 heterocycles. The molecule has 1 unspecified atom stereocenters. The number of carbonyl (C=O) groups excluding carboxylic acids is 1. The molecule has 0 aliphatic rings. The van der Waals surface area contributed by atoms with Crippen LogP contribution < -0.4 is 5.32 Å². The first kappa shape index (κ1) is 10.6. The molecular weight excluding hydrogens is 150 g/mol. The van der Waals surface area contributed by atoms with Crippen molar-refractivity contribution in [2.45, 2.75) is 32.2 Å². The molecule has 0 aliphatic heterocycles. The predicted molar refractivity (Wildman–Crippen MR) is 49.1 cm³/mol. The molecule has 64 valence electrons. The van der Waals surface area contributed by atoms with E-state index in [2.05, 4.69) is 17.2 Å². The van der Waals surface area contributed by atoms with Crippen LogP contribution in [0.4, 0.5) is 0 Å². The predicted octanol–water partition coefficient (Wildman–Crippen LogP) is 0.928. The second-order valence-electron chi connectivity index (χ2n) is 2.46. The first-order chi connectivity index (χ1) is 5.74. The number of rotatable bonds is 4. The van der Waals surface area contributed by atoms with Crippen molar-refractivity contribution >= 4 is 5.91 Å². The van der Waals surface area contributed by atoms with E-state index in [0.29, 0.717) is 0 Å². The number of hydrogen-bond acceptors (Lipinski definition) is 1. The summed E-state index contributed by atoms with van der Waals surface area (Å²) in [6.45, 7) is 2.01.